The average molecular weight is 408 g/mol. The van der Waals surface area contributed by atoms with Gasteiger partial charge in [-0.3, -0.25) is 4.79 Å². The number of rotatable bonds is 5. The maximum atomic E-state index is 12.1. The molecule has 0 aliphatic heterocycles. The number of benzene rings is 2. The standard InChI is InChI=1S/C18H15Cl2N3O2S/c1-10-5-11(2)7-12(6-10)17-22-23-18(25-17)26-9-16(24)21-15-4-3-13(19)8-14(15)20/h3-8H,9H2,1-2H3,(H,21,24). The molecule has 1 aromatic heterocycles. The van der Waals surface area contributed by atoms with Gasteiger partial charge < -0.3 is 9.73 Å². The van der Waals surface area contributed by atoms with Crippen LogP contribution in [0.4, 0.5) is 5.69 Å². The molecule has 0 radical (unpaired) electrons. The van der Waals surface area contributed by atoms with Crippen LogP contribution < -0.4 is 5.32 Å². The van der Waals surface area contributed by atoms with Crippen molar-refractivity contribution in [3.05, 3.63) is 57.6 Å². The third-order valence-electron chi connectivity index (χ3n) is 3.41. The number of nitrogens with one attached hydrogen (secondary N) is 1. The molecule has 0 aliphatic carbocycles. The van der Waals surface area contributed by atoms with Gasteiger partial charge in [-0.05, 0) is 44.2 Å². The van der Waals surface area contributed by atoms with E-state index in [1.807, 2.05) is 26.0 Å². The molecule has 0 bridgehead atoms. The normalized spacial score (nSPS) is 10.8. The summed E-state index contributed by atoms with van der Waals surface area (Å²) in [6.07, 6.45) is 0. The van der Waals surface area contributed by atoms with E-state index in [2.05, 4.69) is 21.6 Å². The number of hydrogen-bond acceptors (Lipinski definition) is 5. The third-order valence-corrected chi connectivity index (χ3v) is 4.77. The summed E-state index contributed by atoms with van der Waals surface area (Å²) in [5, 5.41) is 12.0. The van der Waals surface area contributed by atoms with Gasteiger partial charge in [0.15, 0.2) is 0 Å². The second-order valence-electron chi connectivity index (χ2n) is 5.71. The van der Waals surface area contributed by atoms with Crippen molar-refractivity contribution in [2.24, 2.45) is 0 Å². The van der Waals surface area contributed by atoms with E-state index in [0.29, 0.717) is 26.8 Å². The van der Waals surface area contributed by atoms with E-state index in [-0.39, 0.29) is 11.7 Å². The highest BCUT2D eigenvalue weighted by Crippen LogP contribution is 2.27. The fourth-order valence-electron chi connectivity index (χ4n) is 2.39. The number of carbonyl (C=O) groups is 1. The summed E-state index contributed by atoms with van der Waals surface area (Å²) in [7, 11) is 0. The van der Waals surface area contributed by atoms with E-state index in [1.165, 1.54) is 0 Å². The summed E-state index contributed by atoms with van der Waals surface area (Å²) in [4.78, 5) is 12.1. The van der Waals surface area contributed by atoms with E-state index in [1.54, 1.807) is 18.2 Å². The first-order valence-corrected chi connectivity index (χ1v) is 9.45. The van der Waals surface area contributed by atoms with Crippen LogP contribution in [0.25, 0.3) is 11.5 Å². The fourth-order valence-corrected chi connectivity index (χ4v) is 3.41. The lowest BCUT2D eigenvalue weighted by atomic mass is 10.1. The van der Waals surface area contributed by atoms with Crippen molar-refractivity contribution in [3.8, 4) is 11.5 Å². The lowest BCUT2D eigenvalue weighted by molar-refractivity contribution is -0.113. The lowest BCUT2D eigenvalue weighted by Gasteiger charge is -2.06. The van der Waals surface area contributed by atoms with Crippen LogP contribution in [0.5, 0.6) is 0 Å². The molecular formula is C18H15Cl2N3O2S. The van der Waals surface area contributed by atoms with Crippen molar-refractivity contribution in [1.82, 2.24) is 10.2 Å². The number of thioether (sulfide) groups is 1. The molecule has 0 atom stereocenters. The van der Waals surface area contributed by atoms with E-state index < -0.39 is 0 Å². The molecule has 0 aliphatic rings. The monoisotopic (exact) mass is 407 g/mol. The maximum Gasteiger partial charge on any atom is 0.277 e. The van der Waals surface area contributed by atoms with Gasteiger partial charge in [0, 0.05) is 10.6 Å². The SMILES string of the molecule is Cc1cc(C)cc(-c2nnc(SCC(=O)Nc3ccc(Cl)cc3Cl)o2)c1. The van der Waals surface area contributed by atoms with Crippen LogP contribution in [-0.4, -0.2) is 21.9 Å². The quantitative estimate of drug-likeness (QED) is 0.574. The van der Waals surface area contributed by atoms with Crippen LogP contribution in [0.3, 0.4) is 0 Å². The summed E-state index contributed by atoms with van der Waals surface area (Å²) in [6, 6.07) is 10.9. The molecule has 8 heteroatoms. The highest BCUT2D eigenvalue weighted by atomic mass is 35.5. The Kier molecular flexibility index (Phi) is 5.86. The average Bonchev–Trinajstić information content (AvgIpc) is 3.04. The van der Waals surface area contributed by atoms with Crippen molar-refractivity contribution >= 4 is 46.6 Å². The number of aryl methyl sites for hydroxylation is 2. The second-order valence-corrected chi connectivity index (χ2v) is 7.48. The van der Waals surface area contributed by atoms with Crippen LogP contribution in [0.2, 0.25) is 10.0 Å². The van der Waals surface area contributed by atoms with Gasteiger partial charge in [-0.15, -0.1) is 10.2 Å². The number of carbonyl (C=O) groups excluding carboxylic acids is 1. The molecule has 134 valence electrons. The van der Waals surface area contributed by atoms with Gasteiger partial charge in [-0.1, -0.05) is 52.2 Å². The van der Waals surface area contributed by atoms with Crippen LogP contribution in [-0.2, 0) is 4.79 Å². The Hall–Kier alpha value is -2.02. The maximum absolute atomic E-state index is 12.1. The predicted molar refractivity (Wildman–Crippen MR) is 105 cm³/mol. The second kappa shape index (κ2) is 8.12. The predicted octanol–water partition coefficient (Wildman–Crippen LogP) is 5.39. The van der Waals surface area contributed by atoms with Crippen LogP contribution in [0.15, 0.2) is 46.0 Å². The van der Waals surface area contributed by atoms with Crippen LogP contribution in [0, 0.1) is 13.8 Å². The van der Waals surface area contributed by atoms with E-state index in [0.717, 1.165) is 28.5 Å². The Morgan fingerprint density at radius 2 is 1.85 bits per heavy atom. The number of halogens is 2. The Balaban J connectivity index is 1.61. The van der Waals surface area contributed by atoms with Gasteiger partial charge in [0.1, 0.15) is 0 Å². The van der Waals surface area contributed by atoms with Crippen molar-refractivity contribution in [3.63, 3.8) is 0 Å². The molecule has 3 aromatic rings. The molecule has 0 fully saturated rings. The number of nitrogens with zero attached hydrogens (tertiary/aromatic N) is 2. The molecule has 0 saturated carbocycles. The van der Waals surface area contributed by atoms with E-state index in [4.69, 9.17) is 27.6 Å². The van der Waals surface area contributed by atoms with Gasteiger partial charge in [-0.2, -0.15) is 0 Å². The molecule has 26 heavy (non-hydrogen) atoms. The number of hydrogen-bond donors (Lipinski definition) is 1. The summed E-state index contributed by atoms with van der Waals surface area (Å²) < 4.78 is 5.64. The topological polar surface area (TPSA) is 68.0 Å². The molecule has 0 spiro atoms. The fraction of sp³-hybridized carbons (Fsp3) is 0.167. The van der Waals surface area contributed by atoms with Crippen molar-refractivity contribution < 1.29 is 9.21 Å². The summed E-state index contributed by atoms with van der Waals surface area (Å²) >= 11 is 13.0. The molecule has 1 N–H and O–H groups in total. The van der Waals surface area contributed by atoms with Crippen molar-refractivity contribution in [1.29, 1.82) is 0 Å². The van der Waals surface area contributed by atoms with Gasteiger partial charge in [0.05, 0.1) is 16.5 Å². The third kappa shape index (κ3) is 4.78. The number of amides is 1. The highest BCUT2D eigenvalue weighted by molar-refractivity contribution is 7.99. The molecular weight excluding hydrogens is 393 g/mol. The highest BCUT2D eigenvalue weighted by Gasteiger charge is 2.13. The number of anilines is 1. The van der Waals surface area contributed by atoms with E-state index in [9.17, 15) is 4.79 Å². The molecule has 1 heterocycles. The molecule has 0 unspecified atom stereocenters. The van der Waals surface area contributed by atoms with Gasteiger partial charge >= 0.3 is 0 Å². The first-order chi connectivity index (χ1) is 12.4. The summed E-state index contributed by atoms with van der Waals surface area (Å²) in [6.45, 7) is 4.02. The first kappa shape index (κ1) is 18.8. The lowest BCUT2D eigenvalue weighted by Crippen LogP contribution is -2.14. The minimum Gasteiger partial charge on any atom is -0.411 e. The van der Waals surface area contributed by atoms with Gasteiger partial charge in [-0.25, -0.2) is 0 Å². The first-order valence-electron chi connectivity index (χ1n) is 7.70. The molecule has 3 rings (SSSR count). The van der Waals surface area contributed by atoms with Crippen molar-refractivity contribution in [2.45, 2.75) is 19.1 Å². The zero-order chi connectivity index (χ0) is 18.7. The molecule has 1 amide bonds. The number of aromatic nitrogens is 2. The Bertz CT molecular complexity index is 939. The van der Waals surface area contributed by atoms with Crippen LogP contribution >= 0.6 is 35.0 Å². The van der Waals surface area contributed by atoms with Gasteiger partial charge in [0.25, 0.3) is 5.22 Å². The minimum atomic E-state index is -0.231. The zero-order valence-corrected chi connectivity index (χ0v) is 16.4. The summed E-state index contributed by atoms with van der Waals surface area (Å²) in [5.74, 6) is 0.318. The molecule has 5 nitrogen and oxygen atoms in total. The van der Waals surface area contributed by atoms with Crippen molar-refractivity contribution in [2.75, 3.05) is 11.1 Å². The Labute approximate surface area is 165 Å². The minimum absolute atomic E-state index is 0.118. The Morgan fingerprint density at radius 3 is 2.54 bits per heavy atom. The van der Waals surface area contributed by atoms with Gasteiger partial charge in [0.2, 0.25) is 11.8 Å². The molecule has 0 saturated heterocycles. The summed E-state index contributed by atoms with van der Waals surface area (Å²) in [5.41, 5.74) is 3.60. The smallest absolute Gasteiger partial charge is 0.277 e. The van der Waals surface area contributed by atoms with E-state index >= 15 is 0 Å². The van der Waals surface area contributed by atoms with Crippen LogP contribution in [0.1, 0.15) is 11.1 Å². The largest absolute Gasteiger partial charge is 0.411 e. The Morgan fingerprint density at radius 1 is 1.12 bits per heavy atom. The molecule has 2 aromatic carbocycles. The zero-order valence-electron chi connectivity index (χ0n) is 14.0.